The Morgan fingerprint density at radius 2 is 1.95 bits per heavy atom. The normalized spacial score (nSPS) is 17.5. The van der Waals surface area contributed by atoms with Crippen molar-refractivity contribution < 1.29 is 0 Å². The van der Waals surface area contributed by atoms with E-state index in [9.17, 15) is 0 Å². The molecule has 122 valence electrons. The fraction of sp³-hybridized carbons (Fsp3) is 0.611. The lowest BCUT2D eigenvalue weighted by Crippen LogP contribution is -2.40. The van der Waals surface area contributed by atoms with Gasteiger partial charge in [-0.1, -0.05) is 30.3 Å². The SMILES string of the molecule is CN=C(NCCC1CCN(C)CC1)N(C)Cc1ccccc1. The van der Waals surface area contributed by atoms with Gasteiger partial charge in [0.2, 0.25) is 0 Å². The van der Waals surface area contributed by atoms with Gasteiger partial charge >= 0.3 is 0 Å². The molecule has 0 amide bonds. The Hall–Kier alpha value is -1.55. The first-order chi connectivity index (χ1) is 10.7. The minimum Gasteiger partial charge on any atom is -0.356 e. The van der Waals surface area contributed by atoms with E-state index in [1.54, 1.807) is 0 Å². The molecule has 1 aromatic carbocycles. The zero-order chi connectivity index (χ0) is 15.8. The van der Waals surface area contributed by atoms with Gasteiger partial charge in [-0.2, -0.15) is 0 Å². The number of hydrogen-bond donors (Lipinski definition) is 1. The molecule has 0 aromatic heterocycles. The lowest BCUT2D eigenvalue weighted by molar-refractivity contribution is 0.212. The quantitative estimate of drug-likeness (QED) is 0.669. The maximum Gasteiger partial charge on any atom is 0.193 e. The summed E-state index contributed by atoms with van der Waals surface area (Å²) in [5.74, 6) is 1.85. The molecule has 1 saturated heterocycles. The third-order valence-corrected chi connectivity index (χ3v) is 4.51. The summed E-state index contributed by atoms with van der Waals surface area (Å²) in [6.07, 6.45) is 3.90. The zero-order valence-corrected chi connectivity index (χ0v) is 14.3. The Bertz CT molecular complexity index is 449. The molecule has 0 bridgehead atoms. The highest BCUT2D eigenvalue weighted by atomic mass is 15.3. The van der Waals surface area contributed by atoms with Gasteiger partial charge in [0.15, 0.2) is 5.96 Å². The summed E-state index contributed by atoms with van der Waals surface area (Å²) in [6, 6.07) is 10.5. The molecule has 0 radical (unpaired) electrons. The first-order valence-electron chi connectivity index (χ1n) is 8.33. The fourth-order valence-corrected chi connectivity index (χ4v) is 3.06. The topological polar surface area (TPSA) is 30.9 Å². The Morgan fingerprint density at radius 1 is 1.27 bits per heavy atom. The molecule has 0 saturated carbocycles. The van der Waals surface area contributed by atoms with Crippen molar-refractivity contribution in [3.63, 3.8) is 0 Å². The molecular formula is C18H30N4. The van der Waals surface area contributed by atoms with Crippen LogP contribution in [-0.2, 0) is 6.54 Å². The molecular weight excluding hydrogens is 272 g/mol. The van der Waals surface area contributed by atoms with Crippen molar-refractivity contribution >= 4 is 5.96 Å². The number of nitrogens with one attached hydrogen (secondary N) is 1. The molecule has 0 spiro atoms. The minimum atomic E-state index is 0.862. The molecule has 1 fully saturated rings. The zero-order valence-electron chi connectivity index (χ0n) is 14.3. The third-order valence-electron chi connectivity index (χ3n) is 4.51. The van der Waals surface area contributed by atoms with Crippen molar-refractivity contribution in [3.05, 3.63) is 35.9 Å². The molecule has 0 unspecified atom stereocenters. The van der Waals surface area contributed by atoms with E-state index in [2.05, 4.69) is 64.5 Å². The van der Waals surface area contributed by atoms with Crippen LogP contribution in [0.15, 0.2) is 35.3 Å². The molecule has 22 heavy (non-hydrogen) atoms. The lowest BCUT2D eigenvalue weighted by atomic mass is 9.94. The first-order valence-corrected chi connectivity index (χ1v) is 8.33. The van der Waals surface area contributed by atoms with Gasteiger partial charge in [0, 0.05) is 27.2 Å². The minimum absolute atomic E-state index is 0.862. The average Bonchev–Trinajstić information content (AvgIpc) is 2.54. The molecule has 1 aromatic rings. The number of benzene rings is 1. The number of aliphatic imine (C=N–C) groups is 1. The molecule has 0 aliphatic carbocycles. The molecule has 0 atom stereocenters. The van der Waals surface area contributed by atoms with Crippen LogP contribution in [0.5, 0.6) is 0 Å². The Labute approximate surface area is 135 Å². The Morgan fingerprint density at radius 3 is 2.59 bits per heavy atom. The number of piperidine rings is 1. The van der Waals surface area contributed by atoms with E-state index < -0.39 is 0 Å². The van der Waals surface area contributed by atoms with Gasteiger partial charge in [-0.05, 0) is 50.9 Å². The van der Waals surface area contributed by atoms with Crippen LogP contribution in [-0.4, -0.2) is 56.5 Å². The second-order valence-electron chi connectivity index (χ2n) is 6.35. The van der Waals surface area contributed by atoms with E-state index in [0.717, 1.165) is 25.0 Å². The lowest BCUT2D eigenvalue weighted by Gasteiger charge is -2.29. The summed E-state index contributed by atoms with van der Waals surface area (Å²) in [5.41, 5.74) is 1.31. The molecule has 4 heteroatoms. The van der Waals surface area contributed by atoms with Crippen LogP contribution < -0.4 is 5.32 Å². The van der Waals surface area contributed by atoms with E-state index in [-0.39, 0.29) is 0 Å². The van der Waals surface area contributed by atoms with Crippen LogP contribution in [0.4, 0.5) is 0 Å². The van der Waals surface area contributed by atoms with Gasteiger partial charge in [-0.25, -0.2) is 0 Å². The van der Waals surface area contributed by atoms with Crippen molar-refractivity contribution in [2.75, 3.05) is 40.8 Å². The van der Waals surface area contributed by atoms with Crippen molar-refractivity contribution in [1.29, 1.82) is 0 Å². The maximum atomic E-state index is 4.40. The average molecular weight is 302 g/mol. The van der Waals surface area contributed by atoms with Gasteiger partial charge in [0.05, 0.1) is 0 Å². The van der Waals surface area contributed by atoms with Crippen LogP contribution in [0.2, 0.25) is 0 Å². The molecule has 1 aliphatic rings. The van der Waals surface area contributed by atoms with Gasteiger partial charge in [-0.3, -0.25) is 4.99 Å². The standard InChI is InChI=1S/C18H30N4/c1-19-18(22(3)15-17-7-5-4-6-8-17)20-12-9-16-10-13-21(2)14-11-16/h4-8,16H,9-15H2,1-3H3,(H,19,20). The highest BCUT2D eigenvalue weighted by molar-refractivity contribution is 5.79. The molecule has 1 heterocycles. The summed E-state index contributed by atoms with van der Waals surface area (Å²) in [6.45, 7) is 4.38. The van der Waals surface area contributed by atoms with E-state index in [1.807, 2.05) is 7.05 Å². The summed E-state index contributed by atoms with van der Waals surface area (Å²) in [7, 11) is 6.17. The van der Waals surface area contributed by atoms with E-state index >= 15 is 0 Å². The molecule has 4 nitrogen and oxygen atoms in total. The van der Waals surface area contributed by atoms with E-state index in [0.29, 0.717) is 0 Å². The Balaban J connectivity index is 1.72. The van der Waals surface area contributed by atoms with Crippen molar-refractivity contribution in [2.45, 2.75) is 25.8 Å². The number of nitrogens with zero attached hydrogens (tertiary/aromatic N) is 3. The number of likely N-dealkylation sites (tertiary alicyclic amines) is 1. The Kier molecular flexibility index (Phi) is 6.72. The predicted molar refractivity (Wildman–Crippen MR) is 94.1 cm³/mol. The van der Waals surface area contributed by atoms with Crippen LogP contribution in [0.25, 0.3) is 0 Å². The van der Waals surface area contributed by atoms with Gasteiger partial charge in [0.25, 0.3) is 0 Å². The maximum absolute atomic E-state index is 4.40. The van der Waals surface area contributed by atoms with Crippen molar-refractivity contribution in [2.24, 2.45) is 10.9 Å². The third kappa shape index (κ3) is 5.34. The predicted octanol–water partition coefficient (Wildman–Crippen LogP) is 2.43. The van der Waals surface area contributed by atoms with Crippen LogP contribution in [0.3, 0.4) is 0 Å². The molecule has 2 rings (SSSR count). The summed E-state index contributed by atoms with van der Waals surface area (Å²) < 4.78 is 0. The van der Waals surface area contributed by atoms with Crippen LogP contribution in [0, 0.1) is 5.92 Å². The second-order valence-corrected chi connectivity index (χ2v) is 6.35. The van der Waals surface area contributed by atoms with Gasteiger partial charge in [-0.15, -0.1) is 0 Å². The monoisotopic (exact) mass is 302 g/mol. The summed E-state index contributed by atoms with van der Waals surface area (Å²) in [4.78, 5) is 9.01. The number of hydrogen-bond acceptors (Lipinski definition) is 2. The first kappa shape index (κ1) is 16.8. The summed E-state index contributed by atoms with van der Waals surface area (Å²) in [5, 5.41) is 3.51. The van der Waals surface area contributed by atoms with Gasteiger partial charge in [0.1, 0.15) is 0 Å². The molecule has 1 N–H and O–H groups in total. The second kappa shape index (κ2) is 8.79. The summed E-state index contributed by atoms with van der Waals surface area (Å²) >= 11 is 0. The van der Waals surface area contributed by atoms with Crippen LogP contribution >= 0.6 is 0 Å². The van der Waals surface area contributed by atoms with Gasteiger partial charge < -0.3 is 15.1 Å². The van der Waals surface area contributed by atoms with E-state index in [4.69, 9.17) is 0 Å². The number of rotatable bonds is 5. The molecule has 1 aliphatic heterocycles. The smallest absolute Gasteiger partial charge is 0.193 e. The van der Waals surface area contributed by atoms with Crippen molar-refractivity contribution in [3.8, 4) is 0 Å². The highest BCUT2D eigenvalue weighted by Gasteiger charge is 2.16. The van der Waals surface area contributed by atoms with E-state index in [1.165, 1.54) is 37.9 Å². The fourth-order valence-electron chi connectivity index (χ4n) is 3.06. The largest absolute Gasteiger partial charge is 0.356 e. The number of guanidine groups is 1. The van der Waals surface area contributed by atoms with Crippen LogP contribution in [0.1, 0.15) is 24.8 Å². The van der Waals surface area contributed by atoms with Crippen molar-refractivity contribution in [1.82, 2.24) is 15.1 Å². The highest BCUT2D eigenvalue weighted by Crippen LogP contribution is 2.18.